The van der Waals surface area contributed by atoms with Crippen molar-refractivity contribution in [1.29, 1.82) is 0 Å². The topological polar surface area (TPSA) is 32.3 Å². The number of hydrogen-bond acceptors (Lipinski definition) is 3. The van der Waals surface area contributed by atoms with Crippen LogP contribution < -0.4 is 5.32 Å². The van der Waals surface area contributed by atoms with Crippen molar-refractivity contribution in [2.45, 2.75) is 75.4 Å². The quantitative estimate of drug-likeness (QED) is 0.860. The summed E-state index contributed by atoms with van der Waals surface area (Å²) < 4.78 is 0. The Kier molecular flexibility index (Phi) is 3.59. The van der Waals surface area contributed by atoms with Gasteiger partial charge in [0, 0.05) is 11.3 Å². The molecule has 3 rings (SSSR count). The van der Waals surface area contributed by atoms with Gasteiger partial charge in [0.15, 0.2) is 0 Å². The molecule has 4 heteroatoms. The smallest absolute Gasteiger partial charge is 0.244 e. The van der Waals surface area contributed by atoms with Crippen molar-refractivity contribution in [2.75, 3.05) is 6.26 Å². The lowest BCUT2D eigenvalue weighted by molar-refractivity contribution is -0.133. The molecule has 3 fully saturated rings. The maximum Gasteiger partial charge on any atom is 0.244 e. The van der Waals surface area contributed by atoms with Gasteiger partial charge in [0.2, 0.25) is 5.91 Å². The molecule has 0 aromatic heterocycles. The Labute approximate surface area is 120 Å². The molecule has 3 aliphatic rings. The van der Waals surface area contributed by atoms with E-state index >= 15 is 0 Å². The summed E-state index contributed by atoms with van der Waals surface area (Å²) in [6.45, 7) is 4.51. The number of carbonyl (C=O) groups is 1. The second-order valence-corrected chi connectivity index (χ2v) is 7.93. The Hall–Kier alpha value is -0.220. The molecule has 0 aromatic carbocycles. The second-order valence-electron chi connectivity index (χ2n) is 6.86. The molecule has 1 heterocycles. The van der Waals surface area contributed by atoms with Crippen LogP contribution in [0.5, 0.6) is 0 Å². The zero-order valence-electron chi connectivity index (χ0n) is 12.3. The zero-order chi connectivity index (χ0) is 13.6. The number of rotatable bonds is 4. The molecule has 1 amide bonds. The van der Waals surface area contributed by atoms with E-state index < -0.39 is 0 Å². The minimum absolute atomic E-state index is 0.148. The predicted molar refractivity (Wildman–Crippen MR) is 80.1 cm³/mol. The van der Waals surface area contributed by atoms with Crippen LogP contribution in [0, 0.1) is 5.92 Å². The Morgan fingerprint density at radius 3 is 2.74 bits per heavy atom. The molecule has 2 aliphatic carbocycles. The van der Waals surface area contributed by atoms with Crippen LogP contribution in [-0.4, -0.2) is 40.1 Å². The van der Waals surface area contributed by atoms with Crippen molar-refractivity contribution in [3.8, 4) is 0 Å². The lowest BCUT2D eigenvalue weighted by Gasteiger charge is -2.34. The summed E-state index contributed by atoms with van der Waals surface area (Å²) in [7, 11) is 0. The average Bonchev–Trinajstić information content (AvgIpc) is 2.90. The van der Waals surface area contributed by atoms with Crippen LogP contribution in [-0.2, 0) is 4.79 Å². The number of nitrogens with one attached hydrogen (secondary N) is 1. The Morgan fingerprint density at radius 1 is 1.42 bits per heavy atom. The summed E-state index contributed by atoms with van der Waals surface area (Å²) in [5, 5.41) is 4.31. The minimum Gasteiger partial charge on any atom is -0.321 e. The van der Waals surface area contributed by atoms with E-state index in [0.29, 0.717) is 23.1 Å². The summed E-state index contributed by atoms with van der Waals surface area (Å²) in [6, 6.07) is 0.471. The van der Waals surface area contributed by atoms with Gasteiger partial charge >= 0.3 is 0 Å². The van der Waals surface area contributed by atoms with Gasteiger partial charge in [0.25, 0.3) is 0 Å². The van der Waals surface area contributed by atoms with Crippen LogP contribution in [0.1, 0.15) is 52.4 Å². The lowest BCUT2D eigenvalue weighted by Crippen LogP contribution is -2.47. The number of amides is 1. The number of nitrogens with zero attached hydrogens (tertiary/aromatic N) is 1. The van der Waals surface area contributed by atoms with Crippen LogP contribution >= 0.6 is 11.8 Å². The highest BCUT2D eigenvalue weighted by Gasteiger charge is 2.60. The predicted octanol–water partition coefficient (Wildman–Crippen LogP) is 2.61. The van der Waals surface area contributed by atoms with Crippen molar-refractivity contribution in [1.82, 2.24) is 10.2 Å². The first-order valence-electron chi connectivity index (χ1n) is 7.70. The second kappa shape index (κ2) is 4.96. The van der Waals surface area contributed by atoms with Gasteiger partial charge in [-0.3, -0.25) is 10.1 Å². The number of thioether (sulfide) groups is 1. The van der Waals surface area contributed by atoms with E-state index in [9.17, 15) is 4.79 Å². The molecule has 0 bridgehead atoms. The zero-order valence-corrected chi connectivity index (χ0v) is 13.1. The first-order chi connectivity index (χ1) is 9.07. The highest BCUT2D eigenvalue weighted by Crippen LogP contribution is 2.46. The van der Waals surface area contributed by atoms with Gasteiger partial charge in [-0.2, -0.15) is 11.8 Å². The highest BCUT2D eigenvalue weighted by atomic mass is 32.2. The van der Waals surface area contributed by atoms with E-state index in [2.05, 4.69) is 30.3 Å². The van der Waals surface area contributed by atoms with Gasteiger partial charge in [-0.05, 0) is 44.3 Å². The Bertz CT molecular complexity index is 367. The highest BCUT2D eigenvalue weighted by molar-refractivity contribution is 7.99. The van der Waals surface area contributed by atoms with Gasteiger partial charge in [0.05, 0.1) is 11.7 Å². The maximum absolute atomic E-state index is 12.8. The largest absolute Gasteiger partial charge is 0.321 e. The molecule has 2 saturated carbocycles. The first-order valence-corrected chi connectivity index (χ1v) is 8.99. The van der Waals surface area contributed by atoms with Crippen molar-refractivity contribution in [3.05, 3.63) is 0 Å². The fourth-order valence-electron chi connectivity index (χ4n) is 3.82. The van der Waals surface area contributed by atoms with E-state index in [1.807, 2.05) is 11.8 Å². The Morgan fingerprint density at radius 2 is 2.16 bits per heavy atom. The molecular weight excluding hydrogens is 256 g/mol. The van der Waals surface area contributed by atoms with Crippen LogP contribution in [0.25, 0.3) is 0 Å². The molecule has 1 saturated heterocycles. The Balaban J connectivity index is 1.81. The molecule has 19 heavy (non-hydrogen) atoms. The summed E-state index contributed by atoms with van der Waals surface area (Å²) in [5.74, 6) is 1.04. The third-order valence-corrected chi connectivity index (χ3v) is 6.10. The van der Waals surface area contributed by atoms with E-state index in [0.717, 1.165) is 19.3 Å². The molecule has 1 spiro atoms. The molecule has 3 nitrogen and oxygen atoms in total. The van der Waals surface area contributed by atoms with Gasteiger partial charge in [-0.15, -0.1) is 0 Å². The van der Waals surface area contributed by atoms with Crippen LogP contribution in [0.2, 0.25) is 0 Å². The molecule has 1 aliphatic heterocycles. The molecule has 108 valence electrons. The van der Waals surface area contributed by atoms with Crippen molar-refractivity contribution in [2.24, 2.45) is 5.92 Å². The van der Waals surface area contributed by atoms with Gasteiger partial charge in [-0.1, -0.05) is 20.3 Å². The average molecular weight is 282 g/mol. The standard InChI is InChI=1S/C15H26N2OS/c1-10(2)9-13-16-15(7-8-15)14(18)17(13)11-5-4-6-12(11)19-3/h10-13,16H,4-9H2,1-3H3. The SMILES string of the molecule is CSC1CCCC1N1C(=O)C2(CC2)NC1CC(C)C. The van der Waals surface area contributed by atoms with Crippen LogP contribution in [0.4, 0.5) is 0 Å². The fourth-order valence-corrected chi connectivity index (χ4v) is 4.81. The van der Waals surface area contributed by atoms with Crippen molar-refractivity contribution >= 4 is 17.7 Å². The maximum atomic E-state index is 12.8. The summed E-state index contributed by atoms with van der Waals surface area (Å²) in [6.07, 6.45) is 9.42. The van der Waals surface area contributed by atoms with Gasteiger partial charge in [-0.25, -0.2) is 0 Å². The monoisotopic (exact) mass is 282 g/mol. The molecule has 3 atom stereocenters. The molecular formula is C15H26N2OS. The minimum atomic E-state index is -0.148. The van der Waals surface area contributed by atoms with E-state index in [1.54, 1.807) is 0 Å². The molecule has 0 radical (unpaired) electrons. The third kappa shape index (κ3) is 2.31. The first kappa shape index (κ1) is 13.7. The summed E-state index contributed by atoms with van der Waals surface area (Å²) >= 11 is 1.95. The van der Waals surface area contributed by atoms with E-state index in [1.165, 1.54) is 19.3 Å². The van der Waals surface area contributed by atoms with Crippen molar-refractivity contribution < 1.29 is 4.79 Å². The molecule has 0 aromatic rings. The van der Waals surface area contributed by atoms with E-state index in [4.69, 9.17) is 0 Å². The van der Waals surface area contributed by atoms with Crippen molar-refractivity contribution in [3.63, 3.8) is 0 Å². The molecule has 3 unspecified atom stereocenters. The number of hydrogen-bond donors (Lipinski definition) is 1. The summed E-state index contributed by atoms with van der Waals surface area (Å²) in [5.41, 5.74) is -0.148. The lowest BCUT2D eigenvalue weighted by atomic mass is 10.1. The normalized spacial score (nSPS) is 36.7. The van der Waals surface area contributed by atoms with Gasteiger partial charge < -0.3 is 4.90 Å². The third-order valence-electron chi connectivity index (χ3n) is 4.94. The number of carbonyl (C=O) groups excluding carboxylic acids is 1. The van der Waals surface area contributed by atoms with Crippen LogP contribution in [0.15, 0.2) is 0 Å². The fraction of sp³-hybridized carbons (Fsp3) is 0.933. The summed E-state index contributed by atoms with van der Waals surface area (Å²) in [4.78, 5) is 15.0. The molecule has 1 N–H and O–H groups in total. The van der Waals surface area contributed by atoms with Gasteiger partial charge in [0.1, 0.15) is 0 Å². The van der Waals surface area contributed by atoms with E-state index in [-0.39, 0.29) is 11.7 Å². The van der Waals surface area contributed by atoms with Crippen LogP contribution in [0.3, 0.4) is 0 Å².